The Hall–Kier alpha value is -2.29. The number of amides is 1. The standard InChI is InChI=1S/C20H25NO2/c1-5-15(3)17-8-6-7-9-19(17)23-13-20(22)21-18-11-10-14(2)12-16(18)4/h6-12,15H,5,13H2,1-4H3,(H,21,22)/t15-/m1/s1. The van der Waals surface area contributed by atoms with Crippen LogP contribution < -0.4 is 10.1 Å². The summed E-state index contributed by atoms with van der Waals surface area (Å²) >= 11 is 0. The maximum absolute atomic E-state index is 12.1. The lowest BCUT2D eigenvalue weighted by Crippen LogP contribution is -2.21. The van der Waals surface area contributed by atoms with E-state index in [9.17, 15) is 4.79 Å². The first kappa shape index (κ1) is 17.1. The van der Waals surface area contributed by atoms with Gasteiger partial charge in [0.15, 0.2) is 6.61 Å². The van der Waals surface area contributed by atoms with Crippen LogP contribution in [0.2, 0.25) is 0 Å². The molecule has 0 bridgehead atoms. The fourth-order valence-electron chi connectivity index (χ4n) is 2.52. The van der Waals surface area contributed by atoms with Gasteiger partial charge in [-0.15, -0.1) is 0 Å². The van der Waals surface area contributed by atoms with E-state index in [1.165, 1.54) is 5.56 Å². The highest BCUT2D eigenvalue weighted by atomic mass is 16.5. The first-order chi connectivity index (χ1) is 11.0. The van der Waals surface area contributed by atoms with E-state index < -0.39 is 0 Å². The Bertz CT molecular complexity index is 679. The fraction of sp³-hybridized carbons (Fsp3) is 0.350. The molecule has 1 N–H and O–H groups in total. The number of rotatable bonds is 6. The molecule has 1 amide bonds. The Morgan fingerprint density at radius 2 is 1.91 bits per heavy atom. The molecular formula is C20H25NO2. The lowest BCUT2D eigenvalue weighted by Gasteiger charge is -2.16. The van der Waals surface area contributed by atoms with E-state index in [1.54, 1.807) is 0 Å². The molecule has 0 aliphatic heterocycles. The van der Waals surface area contributed by atoms with Crippen LogP contribution in [0.1, 0.15) is 42.9 Å². The van der Waals surface area contributed by atoms with Gasteiger partial charge >= 0.3 is 0 Å². The van der Waals surface area contributed by atoms with Crippen molar-refractivity contribution in [1.29, 1.82) is 0 Å². The number of carbonyl (C=O) groups is 1. The van der Waals surface area contributed by atoms with Gasteiger partial charge in [0.05, 0.1) is 0 Å². The van der Waals surface area contributed by atoms with Crippen LogP contribution in [0.5, 0.6) is 5.75 Å². The largest absolute Gasteiger partial charge is 0.483 e. The fourth-order valence-corrected chi connectivity index (χ4v) is 2.52. The van der Waals surface area contributed by atoms with Crippen LogP contribution >= 0.6 is 0 Å². The molecule has 1 atom stereocenters. The zero-order chi connectivity index (χ0) is 16.8. The van der Waals surface area contributed by atoms with Crippen molar-refractivity contribution in [3.05, 3.63) is 59.2 Å². The summed E-state index contributed by atoms with van der Waals surface area (Å²) in [6, 6.07) is 13.9. The summed E-state index contributed by atoms with van der Waals surface area (Å²) < 4.78 is 5.75. The van der Waals surface area contributed by atoms with Gasteiger partial charge in [-0.05, 0) is 49.4 Å². The Morgan fingerprint density at radius 1 is 1.17 bits per heavy atom. The molecule has 3 nitrogen and oxygen atoms in total. The zero-order valence-corrected chi connectivity index (χ0v) is 14.3. The third-order valence-corrected chi connectivity index (χ3v) is 4.08. The van der Waals surface area contributed by atoms with Gasteiger partial charge in [0, 0.05) is 5.69 Å². The van der Waals surface area contributed by atoms with E-state index in [4.69, 9.17) is 4.74 Å². The van der Waals surface area contributed by atoms with Gasteiger partial charge in [0.1, 0.15) is 5.75 Å². The number of carbonyl (C=O) groups excluding carboxylic acids is 1. The molecule has 0 spiro atoms. The van der Waals surface area contributed by atoms with Gasteiger partial charge < -0.3 is 10.1 Å². The number of anilines is 1. The minimum Gasteiger partial charge on any atom is -0.483 e. The van der Waals surface area contributed by atoms with Crippen LogP contribution in [0, 0.1) is 13.8 Å². The lowest BCUT2D eigenvalue weighted by atomic mass is 9.98. The Morgan fingerprint density at radius 3 is 2.61 bits per heavy atom. The lowest BCUT2D eigenvalue weighted by molar-refractivity contribution is -0.118. The number of para-hydroxylation sites is 1. The number of benzene rings is 2. The number of nitrogens with one attached hydrogen (secondary N) is 1. The molecule has 23 heavy (non-hydrogen) atoms. The summed E-state index contributed by atoms with van der Waals surface area (Å²) in [5, 5.41) is 2.91. The van der Waals surface area contributed by atoms with Gasteiger partial charge in [-0.25, -0.2) is 0 Å². The van der Waals surface area contributed by atoms with Crippen molar-refractivity contribution < 1.29 is 9.53 Å². The normalized spacial score (nSPS) is 11.8. The molecule has 0 aromatic heterocycles. The van der Waals surface area contributed by atoms with Crippen molar-refractivity contribution in [2.75, 3.05) is 11.9 Å². The molecule has 0 heterocycles. The molecule has 2 rings (SSSR count). The van der Waals surface area contributed by atoms with Gasteiger partial charge in [-0.1, -0.05) is 49.7 Å². The van der Waals surface area contributed by atoms with E-state index in [0.717, 1.165) is 29.0 Å². The van der Waals surface area contributed by atoms with Crippen LogP contribution in [0.25, 0.3) is 0 Å². The average Bonchev–Trinajstić information content (AvgIpc) is 2.55. The van der Waals surface area contributed by atoms with Crippen molar-refractivity contribution in [1.82, 2.24) is 0 Å². The quantitative estimate of drug-likeness (QED) is 0.829. The molecule has 0 radical (unpaired) electrons. The van der Waals surface area contributed by atoms with Crippen LogP contribution in [0.4, 0.5) is 5.69 Å². The topological polar surface area (TPSA) is 38.3 Å². The van der Waals surface area contributed by atoms with Crippen molar-refractivity contribution in [3.8, 4) is 5.75 Å². The van der Waals surface area contributed by atoms with Crippen molar-refractivity contribution in [3.63, 3.8) is 0 Å². The summed E-state index contributed by atoms with van der Waals surface area (Å²) in [5.74, 6) is 1.06. The monoisotopic (exact) mass is 311 g/mol. The average molecular weight is 311 g/mol. The molecule has 0 aliphatic rings. The van der Waals surface area contributed by atoms with E-state index in [0.29, 0.717) is 5.92 Å². The van der Waals surface area contributed by atoms with Crippen LogP contribution in [0.15, 0.2) is 42.5 Å². The van der Waals surface area contributed by atoms with Gasteiger partial charge in [0.25, 0.3) is 5.91 Å². The summed E-state index contributed by atoms with van der Waals surface area (Å²) in [5.41, 5.74) is 4.21. The predicted molar refractivity (Wildman–Crippen MR) is 95.2 cm³/mol. The van der Waals surface area contributed by atoms with E-state index in [-0.39, 0.29) is 12.5 Å². The van der Waals surface area contributed by atoms with E-state index in [2.05, 4.69) is 31.3 Å². The predicted octanol–water partition coefficient (Wildman–Crippen LogP) is 4.83. The maximum atomic E-state index is 12.1. The molecule has 0 saturated heterocycles. The number of hydrogen-bond donors (Lipinski definition) is 1. The first-order valence-electron chi connectivity index (χ1n) is 8.10. The van der Waals surface area contributed by atoms with Crippen molar-refractivity contribution >= 4 is 11.6 Å². The molecule has 2 aromatic carbocycles. The molecule has 0 saturated carbocycles. The highest BCUT2D eigenvalue weighted by Crippen LogP contribution is 2.28. The second-order valence-corrected chi connectivity index (χ2v) is 6.00. The smallest absolute Gasteiger partial charge is 0.262 e. The number of hydrogen-bond acceptors (Lipinski definition) is 2. The van der Waals surface area contributed by atoms with Gasteiger partial charge in [-0.2, -0.15) is 0 Å². The Kier molecular flexibility index (Phi) is 5.80. The summed E-state index contributed by atoms with van der Waals surface area (Å²) in [6.07, 6.45) is 1.04. The molecular weight excluding hydrogens is 286 g/mol. The third kappa shape index (κ3) is 4.59. The molecule has 0 fully saturated rings. The molecule has 122 valence electrons. The first-order valence-corrected chi connectivity index (χ1v) is 8.10. The van der Waals surface area contributed by atoms with Crippen molar-refractivity contribution in [2.24, 2.45) is 0 Å². The van der Waals surface area contributed by atoms with Crippen LogP contribution in [-0.2, 0) is 4.79 Å². The summed E-state index contributed by atoms with van der Waals surface area (Å²) in [7, 11) is 0. The minimum absolute atomic E-state index is 0.0146. The zero-order valence-electron chi connectivity index (χ0n) is 14.3. The molecule has 2 aromatic rings. The van der Waals surface area contributed by atoms with E-state index in [1.807, 2.05) is 44.2 Å². The highest BCUT2D eigenvalue weighted by molar-refractivity contribution is 5.92. The number of ether oxygens (including phenoxy) is 1. The SMILES string of the molecule is CC[C@@H](C)c1ccccc1OCC(=O)Nc1ccc(C)cc1C. The second kappa shape index (κ2) is 7.82. The summed E-state index contributed by atoms with van der Waals surface area (Å²) in [6.45, 7) is 8.35. The Balaban J connectivity index is 2.00. The van der Waals surface area contributed by atoms with Crippen LogP contribution in [-0.4, -0.2) is 12.5 Å². The van der Waals surface area contributed by atoms with Crippen LogP contribution in [0.3, 0.4) is 0 Å². The maximum Gasteiger partial charge on any atom is 0.262 e. The second-order valence-electron chi connectivity index (χ2n) is 6.00. The number of aryl methyl sites for hydroxylation is 2. The minimum atomic E-state index is -0.143. The molecule has 0 aliphatic carbocycles. The molecule has 3 heteroatoms. The van der Waals surface area contributed by atoms with Gasteiger partial charge in [-0.3, -0.25) is 4.79 Å². The summed E-state index contributed by atoms with van der Waals surface area (Å²) in [4.78, 5) is 12.1. The highest BCUT2D eigenvalue weighted by Gasteiger charge is 2.11. The third-order valence-electron chi connectivity index (χ3n) is 4.08. The molecule has 0 unspecified atom stereocenters. The van der Waals surface area contributed by atoms with E-state index >= 15 is 0 Å². The van der Waals surface area contributed by atoms with Crippen molar-refractivity contribution in [2.45, 2.75) is 40.0 Å². The Labute approximate surface area is 138 Å². The van der Waals surface area contributed by atoms with Gasteiger partial charge in [0.2, 0.25) is 0 Å².